The number of hydrogen-bond acceptors (Lipinski definition) is 6. The van der Waals surface area contributed by atoms with Crippen molar-refractivity contribution in [1.82, 2.24) is 4.90 Å². The van der Waals surface area contributed by atoms with Gasteiger partial charge in [0.15, 0.2) is 5.76 Å². The van der Waals surface area contributed by atoms with Crippen LogP contribution in [-0.2, 0) is 22.9 Å². The van der Waals surface area contributed by atoms with E-state index in [2.05, 4.69) is 15.9 Å². The summed E-state index contributed by atoms with van der Waals surface area (Å²) in [4.78, 5) is 15.0. The molecule has 0 saturated carbocycles. The van der Waals surface area contributed by atoms with Crippen molar-refractivity contribution in [3.63, 3.8) is 0 Å². The van der Waals surface area contributed by atoms with Crippen LogP contribution in [0.25, 0.3) is 0 Å². The van der Waals surface area contributed by atoms with Gasteiger partial charge in [0.25, 0.3) is 5.91 Å². The predicted octanol–water partition coefficient (Wildman–Crippen LogP) is 5.71. The molecule has 0 radical (unpaired) electrons. The van der Waals surface area contributed by atoms with E-state index in [9.17, 15) is 13.2 Å². The molecule has 0 aliphatic heterocycles. The van der Waals surface area contributed by atoms with E-state index in [1.165, 1.54) is 35.4 Å². The first-order valence-electron chi connectivity index (χ1n) is 10.5. The van der Waals surface area contributed by atoms with Crippen molar-refractivity contribution in [2.75, 3.05) is 6.61 Å². The second kappa shape index (κ2) is 10.3. The molecule has 0 unspecified atom stereocenters. The smallest absolute Gasteiger partial charge is 0.290 e. The molecule has 176 valence electrons. The Hall–Kier alpha value is -3.30. The van der Waals surface area contributed by atoms with E-state index >= 15 is 0 Å². The van der Waals surface area contributed by atoms with Crippen LogP contribution in [0.3, 0.4) is 0 Å². The lowest BCUT2D eigenvalue weighted by Gasteiger charge is -2.21. The van der Waals surface area contributed by atoms with Crippen LogP contribution in [0.2, 0.25) is 0 Å². The van der Waals surface area contributed by atoms with Crippen LogP contribution in [-0.4, -0.2) is 25.8 Å². The number of ether oxygens (including phenoxy) is 1. The second-order valence-corrected chi connectivity index (χ2v) is 10.2. The molecule has 0 atom stereocenters. The predicted molar refractivity (Wildman–Crippen MR) is 128 cm³/mol. The Morgan fingerprint density at radius 1 is 1.00 bits per heavy atom. The van der Waals surface area contributed by atoms with Gasteiger partial charge >= 0.3 is 0 Å². The van der Waals surface area contributed by atoms with Crippen LogP contribution < -0.4 is 4.74 Å². The molecule has 9 heteroatoms. The van der Waals surface area contributed by atoms with Crippen LogP contribution in [0.4, 0.5) is 0 Å². The van der Waals surface area contributed by atoms with Gasteiger partial charge in [0, 0.05) is 11.0 Å². The molecule has 34 heavy (non-hydrogen) atoms. The Morgan fingerprint density at radius 2 is 1.79 bits per heavy atom. The minimum Gasteiger partial charge on any atom is -0.494 e. The lowest BCUT2D eigenvalue weighted by molar-refractivity contribution is 0.0679. The zero-order valence-electron chi connectivity index (χ0n) is 18.3. The van der Waals surface area contributed by atoms with Gasteiger partial charge in [-0.25, -0.2) is 8.42 Å². The number of amides is 1. The molecular formula is C25H22BrNO6S. The largest absolute Gasteiger partial charge is 0.494 e. The highest BCUT2D eigenvalue weighted by molar-refractivity contribution is 9.10. The van der Waals surface area contributed by atoms with E-state index in [0.717, 1.165) is 10.0 Å². The summed E-state index contributed by atoms with van der Waals surface area (Å²) in [5.74, 6) is 0.744. The number of carbonyl (C=O) groups is 1. The number of rotatable bonds is 9. The van der Waals surface area contributed by atoms with Gasteiger partial charge in [-0.1, -0.05) is 28.1 Å². The minimum atomic E-state index is -3.91. The standard InChI is InChI=1S/C25H22BrNO6S/c1-2-31-20-6-3-5-18(15-20)16-27(17-21-7-4-14-32-21)25(28)23-12-13-24(33-23)34(29,30)22-10-8-19(26)9-11-22/h3-15H,2,16-17H2,1H3. The summed E-state index contributed by atoms with van der Waals surface area (Å²) < 4.78 is 43.2. The summed E-state index contributed by atoms with van der Waals surface area (Å²) >= 11 is 3.29. The van der Waals surface area contributed by atoms with E-state index in [-0.39, 0.29) is 28.8 Å². The maximum Gasteiger partial charge on any atom is 0.290 e. The van der Waals surface area contributed by atoms with Gasteiger partial charge in [-0.05, 0) is 73.2 Å². The summed E-state index contributed by atoms with van der Waals surface area (Å²) in [6, 6.07) is 19.8. The summed E-state index contributed by atoms with van der Waals surface area (Å²) in [6.07, 6.45) is 1.53. The molecule has 2 aromatic heterocycles. The fourth-order valence-electron chi connectivity index (χ4n) is 3.38. The van der Waals surface area contributed by atoms with Gasteiger partial charge in [-0.3, -0.25) is 4.79 Å². The highest BCUT2D eigenvalue weighted by Gasteiger charge is 2.26. The number of carbonyl (C=O) groups excluding carboxylic acids is 1. The summed E-state index contributed by atoms with van der Waals surface area (Å²) in [5, 5.41) is -0.297. The molecule has 0 spiro atoms. The van der Waals surface area contributed by atoms with Crippen LogP contribution in [0.5, 0.6) is 5.75 Å². The maximum absolute atomic E-state index is 13.4. The number of nitrogens with zero attached hydrogens (tertiary/aromatic N) is 1. The van der Waals surface area contributed by atoms with Crippen molar-refractivity contribution in [1.29, 1.82) is 0 Å². The van der Waals surface area contributed by atoms with Crippen LogP contribution in [0.1, 0.15) is 28.8 Å². The molecule has 0 N–H and O–H groups in total. The number of benzene rings is 2. The Morgan fingerprint density at radius 3 is 2.50 bits per heavy atom. The zero-order valence-corrected chi connectivity index (χ0v) is 20.7. The normalized spacial score (nSPS) is 11.4. The number of hydrogen-bond donors (Lipinski definition) is 0. The molecule has 0 saturated heterocycles. The van der Waals surface area contributed by atoms with Crippen molar-refractivity contribution >= 4 is 31.7 Å². The SMILES string of the molecule is CCOc1cccc(CN(Cc2ccco2)C(=O)c2ccc(S(=O)(=O)c3ccc(Br)cc3)o2)c1. The molecule has 4 rings (SSSR count). The highest BCUT2D eigenvalue weighted by atomic mass is 79.9. The molecule has 2 heterocycles. The quantitative estimate of drug-likeness (QED) is 0.268. The van der Waals surface area contributed by atoms with E-state index in [0.29, 0.717) is 18.1 Å². The molecule has 0 fully saturated rings. The summed E-state index contributed by atoms with van der Waals surface area (Å²) in [6.45, 7) is 2.85. The minimum absolute atomic E-state index is 0.0734. The van der Waals surface area contributed by atoms with E-state index in [1.54, 1.807) is 24.3 Å². The zero-order chi connectivity index (χ0) is 24.1. The van der Waals surface area contributed by atoms with Crippen molar-refractivity contribution in [3.05, 3.63) is 101 Å². The summed E-state index contributed by atoms with van der Waals surface area (Å²) in [7, 11) is -3.91. The van der Waals surface area contributed by atoms with Gasteiger partial charge in [0.1, 0.15) is 11.5 Å². The second-order valence-electron chi connectivity index (χ2n) is 7.40. The maximum atomic E-state index is 13.4. The molecule has 0 bridgehead atoms. The third-order valence-electron chi connectivity index (χ3n) is 4.98. The van der Waals surface area contributed by atoms with Gasteiger partial charge in [0.05, 0.1) is 24.3 Å². The first-order chi connectivity index (χ1) is 16.4. The third-order valence-corrected chi connectivity index (χ3v) is 7.15. The van der Waals surface area contributed by atoms with Gasteiger partial charge in [-0.2, -0.15) is 0 Å². The Labute approximate surface area is 206 Å². The van der Waals surface area contributed by atoms with E-state index in [1.807, 2.05) is 31.2 Å². The third kappa shape index (κ3) is 5.43. The van der Waals surface area contributed by atoms with Crippen molar-refractivity contribution in [2.45, 2.75) is 30.0 Å². The highest BCUT2D eigenvalue weighted by Crippen LogP contribution is 2.26. The first-order valence-corrected chi connectivity index (χ1v) is 12.8. The average molecular weight is 544 g/mol. The monoisotopic (exact) mass is 543 g/mol. The summed E-state index contributed by atoms with van der Waals surface area (Å²) in [5.41, 5.74) is 0.847. The van der Waals surface area contributed by atoms with E-state index < -0.39 is 15.7 Å². The molecule has 0 aliphatic rings. The fourth-order valence-corrected chi connectivity index (χ4v) is 4.81. The van der Waals surface area contributed by atoms with Gasteiger partial charge < -0.3 is 18.5 Å². The van der Waals surface area contributed by atoms with E-state index in [4.69, 9.17) is 13.6 Å². The molecule has 7 nitrogen and oxygen atoms in total. The Kier molecular flexibility index (Phi) is 7.23. The van der Waals surface area contributed by atoms with Crippen LogP contribution in [0.15, 0.2) is 102 Å². The topological polar surface area (TPSA) is 90.0 Å². The van der Waals surface area contributed by atoms with Crippen molar-refractivity contribution < 1.29 is 26.8 Å². The van der Waals surface area contributed by atoms with Gasteiger partial charge in [-0.15, -0.1) is 0 Å². The molecule has 2 aromatic carbocycles. The molecule has 4 aromatic rings. The number of sulfone groups is 1. The lowest BCUT2D eigenvalue weighted by Crippen LogP contribution is -2.29. The van der Waals surface area contributed by atoms with Crippen LogP contribution >= 0.6 is 15.9 Å². The fraction of sp³-hybridized carbons (Fsp3) is 0.160. The molecular weight excluding hydrogens is 522 g/mol. The lowest BCUT2D eigenvalue weighted by atomic mass is 10.2. The van der Waals surface area contributed by atoms with Crippen LogP contribution in [0, 0.1) is 0 Å². The first kappa shape index (κ1) is 23.8. The Bertz CT molecular complexity index is 1360. The van der Waals surface area contributed by atoms with Crippen molar-refractivity contribution in [2.24, 2.45) is 0 Å². The Balaban J connectivity index is 1.61. The van der Waals surface area contributed by atoms with Gasteiger partial charge in [0.2, 0.25) is 14.9 Å². The molecule has 0 aliphatic carbocycles. The number of furan rings is 2. The molecule has 1 amide bonds. The average Bonchev–Trinajstić information content (AvgIpc) is 3.52. The number of halogens is 1. The van der Waals surface area contributed by atoms with Crippen molar-refractivity contribution in [3.8, 4) is 5.75 Å².